The van der Waals surface area contributed by atoms with Crippen molar-refractivity contribution in [2.24, 2.45) is 5.10 Å². The Morgan fingerprint density at radius 1 is 1.15 bits per heavy atom. The van der Waals surface area contributed by atoms with Crippen LogP contribution in [0, 0.1) is 0 Å². The zero-order valence-electron chi connectivity index (χ0n) is 14.1. The van der Waals surface area contributed by atoms with Gasteiger partial charge >= 0.3 is 5.69 Å². The van der Waals surface area contributed by atoms with Gasteiger partial charge in [-0.1, -0.05) is 36.4 Å². The lowest BCUT2D eigenvalue weighted by Crippen LogP contribution is -2.28. The van der Waals surface area contributed by atoms with Crippen LogP contribution in [0.3, 0.4) is 0 Å². The highest BCUT2D eigenvalue weighted by atomic mass is 16.2. The molecule has 3 N–H and O–H groups in total. The third kappa shape index (κ3) is 4.10. The summed E-state index contributed by atoms with van der Waals surface area (Å²) in [6.07, 6.45) is 0.124. The predicted octanol–water partition coefficient (Wildman–Crippen LogP) is 1.08. The smallest absolute Gasteiger partial charge is 0.273 e. The van der Waals surface area contributed by atoms with Crippen molar-refractivity contribution in [3.8, 4) is 0 Å². The second kappa shape index (κ2) is 7.56. The molecule has 2 aromatic carbocycles. The molecular weight excluding hydrogens is 334 g/mol. The van der Waals surface area contributed by atoms with Crippen LogP contribution in [0.4, 0.5) is 0 Å². The fourth-order valence-corrected chi connectivity index (χ4v) is 2.45. The van der Waals surface area contributed by atoms with Gasteiger partial charge in [-0.3, -0.25) is 14.6 Å². The highest BCUT2D eigenvalue weighted by Crippen LogP contribution is 2.16. The molecule has 8 nitrogen and oxygen atoms in total. The molecule has 0 radical (unpaired) electrons. The molecule has 0 aliphatic heterocycles. The van der Waals surface area contributed by atoms with Gasteiger partial charge in [-0.25, -0.2) is 15.3 Å². The normalized spacial score (nSPS) is 11.5. The molecule has 1 aromatic heterocycles. The number of H-pyrrole nitrogens is 2. The second-order valence-electron chi connectivity index (χ2n) is 5.75. The number of hydrogen-bond acceptors (Lipinski definition) is 5. The van der Waals surface area contributed by atoms with E-state index in [-0.39, 0.29) is 24.4 Å². The van der Waals surface area contributed by atoms with Gasteiger partial charge in [-0.05, 0) is 29.3 Å². The summed E-state index contributed by atoms with van der Waals surface area (Å²) < 4.78 is 0. The molecule has 26 heavy (non-hydrogen) atoms. The number of hydrazone groups is 1. The van der Waals surface area contributed by atoms with Gasteiger partial charge in [0.15, 0.2) is 0 Å². The Morgan fingerprint density at radius 2 is 1.92 bits per heavy atom. The van der Waals surface area contributed by atoms with Gasteiger partial charge in [0, 0.05) is 12.8 Å². The Morgan fingerprint density at radius 3 is 2.69 bits per heavy atom. The number of carbonyl (C=O) groups is 1. The molecule has 0 fully saturated rings. The van der Waals surface area contributed by atoms with Crippen LogP contribution in [0.25, 0.3) is 10.8 Å². The van der Waals surface area contributed by atoms with Gasteiger partial charge in [0.25, 0.3) is 5.56 Å². The zero-order chi connectivity index (χ0) is 18.5. The molecule has 0 saturated carbocycles. The molecule has 1 amide bonds. The van der Waals surface area contributed by atoms with Gasteiger partial charge in [-0.2, -0.15) is 10.2 Å². The van der Waals surface area contributed by atoms with Crippen LogP contribution < -0.4 is 16.7 Å². The van der Waals surface area contributed by atoms with E-state index in [9.17, 15) is 14.4 Å². The zero-order valence-corrected chi connectivity index (χ0v) is 14.1. The first-order valence-corrected chi connectivity index (χ1v) is 8.03. The van der Waals surface area contributed by atoms with Crippen LogP contribution in [0.5, 0.6) is 0 Å². The van der Waals surface area contributed by atoms with E-state index < -0.39 is 11.2 Å². The monoisotopic (exact) mass is 351 g/mol. The summed E-state index contributed by atoms with van der Waals surface area (Å²) in [6.45, 7) is 1.80. The molecule has 0 atom stereocenters. The summed E-state index contributed by atoms with van der Waals surface area (Å²) in [5.74, 6) is -0.350. The van der Waals surface area contributed by atoms with Crippen LogP contribution >= 0.6 is 0 Å². The minimum atomic E-state index is -0.682. The van der Waals surface area contributed by atoms with E-state index in [1.165, 1.54) is 0 Å². The maximum absolute atomic E-state index is 11.9. The molecule has 3 aromatic rings. The number of nitrogens with one attached hydrogen (secondary N) is 3. The van der Waals surface area contributed by atoms with Crippen molar-refractivity contribution in [1.82, 2.24) is 20.6 Å². The third-order valence-electron chi connectivity index (χ3n) is 3.89. The fraction of sp³-hybridized carbons (Fsp3) is 0.167. The molecule has 0 bridgehead atoms. The van der Waals surface area contributed by atoms with Crippen molar-refractivity contribution < 1.29 is 4.79 Å². The highest BCUT2D eigenvalue weighted by Gasteiger charge is 2.07. The van der Waals surface area contributed by atoms with Crippen molar-refractivity contribution in [3.63, 3.8) is 0 Å². The molecule has 3 rings (SSSR count). The molecule has 132 valence electrons. The number of amides is 1. The average Bonchev–Trinajstić information content (AvgIpc) is 2.65. The largest absolute Gasteiger partial charge is 0.342 e. The summed E-state index contributed by atoms with van der Waals surface area (Å²) in [4.78, 5) is 36.4. The van der Waals surface area contributed by atoms with E-state index in [1.807, 2.05) is 42.5 Å². The number of hydrogen-bond donors (Lipinski definition) is 3. The number of aryl methyl sites for hydroxylation is 1. The first kappa shape index (κ1) is 17.3. The Labute approximate surface area is 148 Å². The summed E-state index contributed by atoms with van der Waals surface area (Å²) in [5, 5.41) is 12.1. The maximum atomic E-state index is 11.9. The van der Waals surface area contributed by atoms with Crippen molar-refractivity contribution in [1.29, 1.82) is 0 Å². The quantitative estimate of drug-likeness (QED) is 0.470. The van der Waals surface area contributed by atoms with Gasteiger partial charge in [0.05, 0.1) is 5.71 Å². The third-order valence-corrected chi connectivity index (χ3v) is 3.89. The van der Waals surface area contributed by atoms with Crippen molar-refractivity contribution in [2.75, 3.05) is 0 Å². The van der Waals surface area contributed by atoms with Gasteiger partial charge in [-0.15, -0.1) is 0 Å². The van der Waals surface area contributed by atoms with Gasteiger partial charge in [0.1, 0.15) is 5.69 Å². The molecule has 8 heteroatoms. The van der Waals surface area contributed by atoms with E-state index >= 15 is 0 Å². The predicted molar refractivity (Wildman–Crippen MR) is 98.1 cm³/mol. The van der Waals surface area contributed by atoms with E-state index in [0.717, 1.165) is 16.3 Å². The highest BCUT2D eigenvalue weighted by molar-refractivity contribution is 6.02. The molecule has 0 aliphatic carbocycles. The molecule has 0 aliphatic rings. The van der Waals surface area contributed by atoms with Gasteiger partial charge < -0.3 is 0 Å². The second-order valence-corrected chi connectivity index (χ2v) is 5.75. The topological polar surface area (TPSA) is 120 Å². The summed E-state index contributed by atoms with van der Waals surface area (Å²) in [6, 6.07) is 13.9. The summed E-state index contributed by atoms with van der Waals surface area (Å²) in [5.41, 5.74) is 2.85. The summed E-state index contributed by atoms with van der Waals surface area (Å²) >= 11 is 0. The van der Waals surface area contributed by atoms with Crippen molar-refractivity contribution in [3.05, 3.63) is 74.6 Å². The Bertz CT molecular complexity index is 1100. The lowest BCUT2D eigenvalue weighted by atomic mass is 10.0. The minimum absolute atomic E-state index is 0.0244. The molecule has 0 saturated heterocycles. The first-order chi connectivity index (χ1) is 12.5. The number of carbonyl (C=O) groups excluding carboxylic acids is 1. The number of aromatic amines is 2. The van der Waals surface area contributed by atoms with E-state index in [4.69, 9.17) is 0 Å². The summed E-state index contributed by atoms with van der Waals surface area (Å²) in [7, 11) is 0. The van der Waals surface area contributed by atoms with Crippen LogP contribution in [0.15, 0.2) is 57.2 Å². The van der Waals surface area contributed by atoms with Crippen LogP contribution in [-0.2, 0) is 11.2 Å². The Balaban J connectivity index is 1.63. The lowest BCUT2D eigenvalue weighted by Gasteiger charge is -2.05. The minimum Gasteiger partial charge on any atom is -0.273 e. The number of rotatable bonds is 5. The van der Waals surface area contributed by atoms with E-state index in [2.05, 4.69) is 25.7 Å². The van der Waals surface area contributed by atoms with Crippen LogP contribution in [-0.4, -0.2) is 26.8 Å². The van der Waals surface area contributed by atoms with Crippen molar-refractivity contribution >= 4 is 22.4 Å². The van der Waals surface area contributed by atoms with E-state index in [0.29, 0.717) is 5.71 Å². The number of nitrogens with zero attached hydrogens (tertiary/aromatic N) is 2. The molecule has 0 unspecified atom stereocenters. The number of fused-ring (bicyclic) bond motifs is 1. The van der Waals surface area contributed by atoms with Crippen LogP contribution in [0.1, 0.15) is 24.6 Å². The first-order valence-electron chi connectivity index (χ1n) is 8.03. The van der Waals surface area contributed by atoms with Crippen molar-refractivity contribution in [2.45, 2.75) is 19.8 Å². The number of aromatic nitrogens is 3. The Kier molecular flexibility index (Phi) is 5.02. The standard InChI is InChI=1S/C18H17N5O3/c1-11(13-7-6-12-4-2-3-5-14(12)10-13)20-22-16(24)9-8-15-17(25)19-18(26)23-21-15/h2-7,10H,8-9H2,1H3,(H,22,24)(H2,19,23,25,26)/b20-11-. The SMILES string of the molecule is C/C(=N/NC(=O)CCc1n[nH]c(=O)[nH]c1=O)c1ccc2ccccc2c1. The lowest BCUT2D eigenvalue weighted by molar-refractivity contribution is -0.121. The fourth-order valence-electron chi connectivity index (χ4n) is 2.45. The van der Waals surface area contributed by atoms with E-state index in [1.54, 1.807) is 6.92 Å². The average molecular weight is 351 g/mol. The molecule has 0 spiro atoms. The Hall–Kier alpha value is -3.55. The maximum Gasteiger partial charge on any atom is 0.342 e. The number of benzene rings is 2. The van der Waals surface area contributed by atoms with Gasteiger partial charge in [0.2, 0.25) is 5.91 Å². The molecular formula is C18H17N5O3. The van der Waals surface area contributed by atoms with Crippen LogP contribution in [0.2, 0.25) is 0 Å². The molecule has 1 heterocycles.